The van der Waals surface area contributed by atoms with Crippen LogP contribution in [0.3, 0.4) is 0 Å². The van der Waals surface area contributed by atoms with Gasteiger partial charge in [-0.05, 0) is 18.4 Å². The average molecular weight is 282 g/mol. The molecule has 0 spiro atoms. The van der Waals surface area contributed by atoms with Crippen LogP contribution in [0.15, 0.2) is 17.6 Å². The first-order chi connectivity index (χ1) is 9.26. The molecule has 7 heteroatoms. The van der Waals surface area contributed by atoms with Gasteiger partial charge in [-0.25, -0.2) is 5.43 Å². The Bertz CT molecular complexity index is 516. The number of aromatic nitrogens is 2. The number of ether oxygens (including phenoxy) is 2. The van der Waals surface area contributed by atoms with Gasteiger partial charge in [0.2, 0.25) is 0 Å². The summed E-state index contributed by atoms with van der Waals surface area (Å²) in [5.41, 5.74) is 3.72. The molecular formula is C12H18N4O2S. The molecule has 0 fully saturated rings. The van der Waals surface area contributed by atoms with Crippen molar-refractivity contribution >= 4 is 11.3 Å². The van der Waals surface area contributed by atoms with Crippen molar-refractivity contribution < 1.29 is 9.47 Å². The Morgan fingerprint density at radius 1 is 1.42 bits per heavy atom. The van der Waals surface area contributed by atoms with E-state index in [4.69, 9.17) is 15.3 Å². The van der Waals surface area contributed by atoms with Gasteiger partial charge in [-0.3, -0.25) is 10.5 Å². The SMILES string of the molecule is CCn1ncc(OC)c1C(NN)c1sccc1OC. The Labute approximate surface area is 116 Å². The summed E-state index contributed by atoms with van der Waals surface area (Å²) in [5.74, 6) is 7.24. The maximum Gasteiger partial charge on any atom is 0.162 e. The van der Waals surface area contributed by atoms with Crippen LogP contribution in [-0.4, -0.2) is 24.0 Å². The predicted octanol–water partition coefficient (Wildman–Crippen LogP) is 1.53. The number of hydrogen-bond acceptors (Lipinski definition) is 6. The van der Waals surface area contributed by atoms with Crippen LogP contribution in [0.1, 0.15) is 23.5 Å². The van der Waals surface area contributed by atoms with E-state index in [1.807, 2.05) is 23.1 Å². The standard InChI is InChI=1S/C12H18N4O2S/c1-4-16-11(9(18-3)7-14-16)10(15-13)12-8(17-2)5-6-19-12/h5-7,10,15H,4,13H2,1-3H3. The summed E-state index contributed by atoms with van der Waals surface area (Å²) in [6.45, 7) is 2.76. The highest BCUT2D eigenvalue weighted by atomic mass is 32.1. The lowest BCUT2D eigenvalue weighted by Crippen LogP contribution is -2.30. The van der Waals surface area contributed by atoms with E-state index in [2.05, 4.69) is 10.5 Å². The third-order valence-corrected chi connectivity index (χ3v) is 3.91. The molecule has 0 aliphatic heterocycles. The number of rotatable bonds is 6. The van der Waals surface area contributed by atoms with Crippen molar-refractivity contribution in [1.29, 1.82) is 0 Å². The quantitative estimate of drug-likeness (QED) is 0.621. The van der Waals surface area contributed by atoms with Gasteiger partial charge < -0.3 is 9.47 Å². The van der Waals surface area contributed by atoms with Gasteiger partial charge in [0.1, 0.15) is 17.5 Å². The molecule has 19 heavy (non-hydrogen) atoms. The first-order valence-electron chi connectivity index (χ1n) is 5.94. The zero-order chi connectivity index (χ0) is 13.8. The molecule has 2 aromatic rings. The summed E-state index contributed by atoms with van der Waals surface area (Å²) < 4.78 is 12.6. The summed E-state index contributed by atoms with van der Waals surface area (Å²) >= 11 is 1.58. The highest BCUT2D eigenvalue weighted by Gasteiger charge is 2.26. The summed E-state index contributed by atoms with van der Waals surface area (Å²) in [7, 11) is 3.27. The van der Waals surface area contributed by atoms with E-state index in [-0.39, 0.29) is 6.04 Å². The summed E-state index contributed by atoms with van der Waals surface area (Å²) in [5, 5.41) is 6.27. The average Bonchev–Trinajstić information content (AvgIpc) is 3.06. The monoisotopic (exact) mass is 282 g/mol. The van der Waals surface area contributed by atoms with Crippen LogP contribution in [0.25, 0.3) is 0 Å². The normalized spacial score (nSPS) is 12.4. The molecule has 0 bridgehead atoms. The van der Waals surface area contributed by atoms with E-state index in [0.717, 1.165) is 22.9 Å². The fourth-order valence-electron chi connectivity index (χ4n) is 2.05. The van der Waals surface area contributed by atoms with E-state index >= 15 is 0 Å². The van der Waals surface area contributed by atoms with Crippen molar-refractivity contribution in [2.24, 2.45) is 5.84 Å². The maximum absolute atomic E-state index is 5.73. The van der Waals surface area contributed by atoms with Crippen molar-refractivity contribution in [3.8, 4) is 11.5 Å². The molecule has 6 nitrogen and oxygen atoms in total. The molecule has 2 heterocycles. The van der Waals surface area contributed by atoms with Crippen LogP contribution in [0, 0.1) is 0 Å². The molecule has 0 saturated heterocycles. The van der Waals surface area contributed by atoms with Crippen LogP contribution >= 0.6 is 11.3 Å². The van der Waals surface area contributed by atoms with Gasteiger partial charge in [0.15, 0.2) is 5.75 Å². The molecule has 2 aromatic heterocycles. The molecule has 0 aromatic carbocycles. The van der Waals surface area contributed by atoms with E-state index in [0.29, 0.717) is 5.75 Å². The first-order valence-corrected chi connectivity index (χ1v) is 6.81. The number of aryl methyl sites for hydroxylation is 1. The smallest absolute Gasteiger partial charge is 0.162 e. The maximum atomic E-state index is 5.73. The van der Waals surface area contributed by atoms with Gasteiger partial charge in [0.05, 0.1) is 25.3 Å². The highest BCUT2D eigenvalue weighted by Crippen LogP contribution is 2.37. The van der Waals surface area contributed by atoms with Crippen molar-refractivity contribution in [3.63, 3.8) is 0 Å². The molecule has 1 unspecified atom stereocenters. The van der Waals surface area contributed by atoms with E-state index in [1.165, 1.54) is 0 Å². The summed E-state index contributed by atoms with van der Waals surface area (Å²) in [6.07, 6.45) is 1.70. The predicted molar refractivity (Wildman–Crippen MR) is 74.5 cm³/mol. The minimum Gasteiger partial charge on any atom is -0.496 e. The fraction of sp³-hybridized carbons (Fsp3) is 0.417. The number of nitrogens with zero attached hydrogens (tertiary/aromatic N) is 2. The number of hydrazine groups is 1. The Hall–Kier alpha value is -1.57. The summed E-state index contributed by atoms with van der Waals surface area (Å²) in [4.78, 5) is 0.999. The highest BCUT2D eigenvalue weighted by molar-refractivity contribution is 7.10. The molecule has 3 N–H and O–H groups in total. The molecule has 1 atom stereocenters. The van der Waals surface area contributed by atoms with Gasteiger partial charge in [0, 0.05) is 6.54 Å². The number of thiophene rings is 1. The first kappa shape index (κ1) is 13.9. The van der Waals surface area contributed by atoms with Gasteiger partial charge in [-0.15, -0.1) is 11.3 Å². The third kappa shape index (κ3) is 2.44. The van der Waals surface area contributed by atoms with Crippen LogP contribution in [0.2, 0.25) is 0 Å². The lowest BCUT2D eigenvalue weighted by atomic mass is 10.1. The molecule has 104 valence electrons. The van der Waals surface area contributed by atoms with Crippen molar-refractivity contribution in [2.45, 2.75) is 19.5 Å². The zero-order valence-electron chi connectivity index (χ0n) is 11.2. The van der Waals surface area contributed by atoms with Gasteiger partial charge in [-0.2, -0.15) is 5.10 Å². The van der Waals surface area contributed by atoms with Crippen molar-refractivity contribution in [1.82, 2.24) is 15.2 Å². The zero-order valence-corrected chi connectivity index (χ0v) is 12.0. The molecule has 2 rings (SSSR count). The molecule has 0 radical (unpaired) electrons. The van der Waals surface area contributed by atoms with Crippen LogP contribution in [0.5, 0.6) is 11.5 Å². The molecular weight excluding hydrogens is 264 g/mol. The Morgan fingerprint density at radius 2 is 2.16 bits per heavy atom. The van der Waals surface area contributed by atoms with Gasteiger partial charge in [0.25, 0.3) is 0 Å². The topological polar surface area (TPSA) is 74.3 Å². The number of hydrogen-bond donors (Lipinski definition) is 2. The number of nitrogens with two attached hydrogens (primary N) is 1. The Kier molecular flexibility index (Phi) is 4.41. The molecule has 0 amide bonds. The number of methoxy groups -OCH3 is 2. The van der Waals surface area contributed by atoms with Crippen LogP contribution < -0.4 is 20.7 Å². The molecule has 0 saturated carbocycles. The van der Waals surface area contributed by atoms with Crippen molar-refractivity contribution in [3.05, 3.63) is 28.2 Å². The number of nitrogens with one attached hydrogen (secondary N) is 1. The Balaban J connectivity index is 2.50. The lowest BCUT2D eigenvalue weighted by Gasteiger charge is -2.18. The lowest BCUT2D eigenvalue weighted by molar-refractivity contribution is 0.391. The minimum absolute atomic E-state index is 0.215. The second-order valence-corrected chi connectivity index (χ2v) is 4.81. The Morgan fingerprint density at radius 3 is 2.74 bits per heavy atom. The fourth-order valence-corrected chi connectivity index (χ4v) is 2.97. The van der Waals surface area contributed by atoms with E-state index < -0.39 is 0 Å². The third-order valence-electron chi connectivity index (χ3n) is 2.94. The van der Waals surface area contributed by atoms with Crippen LogP contribution in [-0.2, 0) is 6.54 Å². The largest absolute Gasteiger partial charge is 0.496 e. The second-order valence-electron chi connectivity index (χ2n) is 3.87. The van der Waals surface area contributed by atoms with E-state index in [9.17, 15) is 0 Å². The summed E-state index contributed by atoms with van der Waals surface area (Å²) in [6, 6.07) is 1.70. The minimum atomic E-state index is -0.215. The van der Waals surface area contributed by atoms with Gasteiger partial charge >= 0.3 is 0 Å². The van der Waals surface area contributed by atoms with Crippen LogP contribution in [0.4, 0.5) is 0 Å². The molecule has 0 aliphatic carbocycles. The molecule has 0 aliphatic rings. The van der Waals surface area contributed by atoms with Crippen molar-refractivity contribution in [2.75, 3.05) is 14.2 Å². The van der Waals surface area contributed by atoms with E-state index in [1.54, 1.807) is 31.8 Å². The van der Waals surface area contributed by atoms with Gasteiger partial charge in [-0.1, -0.05) is 0 Å². The second kappa shape index (κ2) is 6.05.